The van der Waals surface area contributed by atoms with Crippen molar-refractivity contribution in [2.24, 2.45) is 5.41 Å². The number of carbonyl (C=O) groups is 1. The Bertz CT molecular complexity index is 587. The second kappa shape index (κ2) is 6.83. The molecule has 3 nitrogen and oxygen atoms in total. The summed E-state index contributed by atoms with van der Waals surface area (Å²) in [6, 6.07) is 6.48. The number of likely N-dealkylation sites (tertiary alicyclic amines) is 1. The van der Waals surface area contributed by atoms with Crippen molar-refractivity contribution in [2.75, 3.05) is 13.1 Å². The van der Waals surface area contributed by atoms with Crippen LogP contribution < -0.4 is 0 Å². The van der Waals surface area contributed by atoms with Gasteiger partial charge in [0, 0.05) is 24.9 Å². The zero-order chi connectivity index (χ0) is 17.2. The number of piperidine rings is 1. The molecule has 0 atom stereocenters. The molecule has 1 aromatic rings. The summed E-state index contributed by atoms with van der Waals surface area (Å²) in [5, 5.41) is 10.8. The topological polar surface area (TPSA) is 40.5 Å². The monoisotopic (exact) mass is 332 g/mol. The lowest BCUT2D eigenvalue weighted by atomic mass is 9.74. The maximum Gasteiger partial charge on any atom is 0.228 e. The number of amides is 1. The molecule has 0 aromatic heterocycles. The summed E-state index contributed by atoms with van der Waals surface area (Å²) in [5.41, 5.74) is -0.839. The molecule has 0 spiro atoms. The molecular weight excluding hydrogens is 305 g/mol. The Morgan fingerprint density at radius 2 is 1.75 bits per heavy atom. The molecule has 1 amide bonds. The lowest BCUT2D eigenvalue weighted by Gasteiger charge is -2.43. The number of hydrogen-bond donors (Lipinski definition) is 1. The van der Waals surface area contributed by atoms with Gasteiger partial charge in [-0.15, -0.1) is 0 Å². The number of carbonyl (C=O) groups excluding carboxylic acids is 1. The number of benzene rings is 1. The highest BCUT2D eigenvalue weighted by atomic mass is 19.1. The summed E-state index contributed by atoms with van der Waals surface area (Å²) in [5.74, 6) is -0.0886. The fourth-order valence-corrected chi connectivity index (χ4v) is 4.05. The highest BCUT2D eigenvalue weighted by Gasteiger charge is 2.41. The van der Waals surface area contributed by atoms with E-state index in [0.717, 1.165) is 25.7 Å². The number of aliphatic hydroxyl groups is 1. The van der Waals surface area contributed by atoms with Gasteiger partial charge in [0.15, 0.2) is 0 Å². The first-order valence-corrected chi connectivity index (χ1v) is 9.04. The smallest absolute Gasteiger partial charge is 0.228 e. The highest BCUT2D eigenvalue weighted by Crippen LogP contribution is 2.39. The molecule has 4 heteroatoms. The van der Waals surface area contributed by atoms with Gasteiger partial charge in [0.05, 0.1) is 5.60 Å². The van der Waals surface area contributed by atoms with Crippen LogP contribution in [0.1, 0.15) is 57.4 Å². The SMILES string of the molecule is CC1(C(=O)N2CCC(O)([CH]c3ccccc3F)CC2)CCCCC1. The molecule has 1 radical (unpaired) electrons. The van der Waals surface area contributed by atoms with Crippen LogP contribution in [0.4, 0.5) is 4.39 Å². The first kappa shape index (κ1) is 17.4. The minimum atomic E-state index is -1.04. The van der Waals surface area contributed by atoms with Crippen LogP contribution >= 0.6 is 0 Å². The molecule has 1 saturated heterocycles. The van der Waals surface area contributed by atoms with Crippen molar-refractivity contribution in [1.82, 2.24) is 4.90 Å². The van der Waals surface area contributed by atoms with E-state index in [4.69, 9.17) is 0 Å². The van der Waals surface area contributed by atoms with Crippen LogP contribution in [0.2, 0.25) is 0 Å². The van der Waals surface area contributed by atoms with Gasteiger partial charge in [-0.2, -0.15) is 0 Å². The quantitative estimate of drug-likeness (QED) is 0.917. The van der Waals surface area contributed by atoms with Crippen LogP contribution in [0.25, 0.3) is 0 Å². The molecule has 1 aromatic carbocycles. The van der Waals surface area contributed by atoms with Gasteiger partial charge in [-0.3, -0.25) is 4.79 Å². The number of halogens is 1. The molecule has 2 aliphatic rings. The third kappa shape index (κ3) is 3.64. The Kier molecular flexibility index (Phi) is 4.95. The second-order valence-corrected chi connectivity index (χ2v) is 7.68. The summed E-state index contributed by atoms with van der Waals surface area (Å²) in [6.07, 6.45) is 7.95. The van der Waals surface area contributed by atoms with Gasteiger partial charge in [-0.05, 0) is 37.3 Å². The predicted molar refractivity (Wildman–Crippen MR) is 91.8 cm³/mol. The fourth-order valence-electron chi connectivity index (χ4n) is 4.05. The van der Waals surface area contributed by atoms with Gasteiger partial charge in [0.2, 0.25) is 5.91 Å². The minimum absolute atomic E-state index is 0.232. The molecule has 131 valence electrons. The average Bonchev–Trinajstić information content (AvgIpc) is 2.58. The Morgan fingerprint density at radius 1 is 1.12 bits per heavy atom. The first-order valence-electron chi connectivity index (χ1n) is 9.04. The van der Waals surface area contributed by atoms with E-state index in [0.29, 0.717) is 31.5 Å². The van der Waals surface area contributed by atoms with Gasteiger partial charge >= 0.3 is 0 Å². The van der Waals surface area contributed by atoms with Gasteiger partial charge in [-0.1, -0.05) is 44.4 Å². The Hall–Kier alpha value is -1.42. The predicted octanol–water partition coefficient (Wildman–Crippen LogP) is 3.70. The van der Waals surface area contributed by atoms with E-state index >= 15 is 0 Å². The molecule has 0 bridgehead atoms. The summed E-state index contributed by atoms with van der Waals surface area (Å²) in [6.45, 7) is 3.16. The van der Waals surface area contributed by atoms with Crippen LogP contribution in [0.15, 0.2) is 24.3 Å². The van der Waals surface area contributed by atoms with Crippen molar-refractivity contribution in [3.8, 4) is 0 Å². The van der Waals surface area contributed by atoms with E-state index in [1.165, 1.54) is 12.5 Å². The van der Waals surface area contributed by atoms with Gasteiger partial charge in [-0.25, -0.2) is 4.39 Å². The van der Waals surface area contributed by atoms with Crippen molar-refractivity contribution < 1.29 is 14.3 Å². The van der Waals surface area contributed by atoms with E-state index in [9.17, 15) is 14.3 Å². The van der Waals surface area contributed by atoms with Crippen LogP contribution in [0.3, 0.4) is 0 Å². The zero-order valence-corrected chi connectivity index (χ0v) is 14.4. The summed E-state index contributed by atoms with van der Waals surface area (Å²) in [4.78, 5) is 14.8. The van der Waals surface area contributed by atoms with E-state index in [2.05, 4.69) is 6.92 Å². The number of nitrogens with zero attached hydrogens (tertiary/aromatic N) is 1. The summed E-state index contributed by atoms with van der Waals surface area (Å²) in [7, 11) is 0. The van der Waals surface area contributed by atoms with Crippen molar-refractivity contribution in [3.05, 3.63) is 42.1 Å². The Balaban J connectivity index is 1.60. The van der Waals surface area contributed by atoms with Crippen molar-refractivity contribution in [2.45, 2.75) is 57.5 Å². The van der Waals surface area contributed by atoms with Crippen LogP contribution in [-0.2, 0) is 4.79 Å². The second-order valence-electron chi connectivity index (χ2n) is 7.68. The zero-order valence-electron chi connectivity index (χ0n) is 14.4. The van der Waals surface area contributed by atoms with E-state index in [-0.39, 0.29) is 17.1 Å². The van der Waals surface area contributed by atoms with E-state index in [1.54, 1.807) is 24.6 Å². The summed E-state index contributed by atoms with van der Waals surface area (Å²) < 4.78 is 13.8. The molecular formula is C20H27FNO2. The standard InChI is InChI=1S/C20H27FNO2/c1-19(9-5-2-6-10-19)18(23)22-13-11-20(24,12-14-22)15-16-7-3-4-8-17(16)21/h3-4,7-8,15,24H,2,5-6,9-14H2,1H3. The van der Waals surface area contributed by atoms with Crippen LogP contribution in [-0.4, -0.2) is 34.6 Å². The molecule has 1 aliphatic carbocycles. The van der Waals surface area contributed by atoms with Gasteiger partial charge in [0.25, 0.3) is 0 Å². The average molecular weight is 332 g/mol. The van der Waals surface area contributed by atoms with Gasteiger partial charge < -0.3 is 10.0 Å². The molecule has 1 N–H and O–H groups in total. The van der Waals surface area contributed by atoms with Crippen molar-refractivity contribution >= 4 is 5.91 Å². The summed E-state index contributed by atoms with van der Waals surface area (Å²) >= 11 is 0. The molecule has 0 unspecified atom stereocenters. The maximum atomic E-state index is 13.8. The largest absolute Gasteiger partial charge is 0.389 e. The minimum Gasteiger partial charge on any atom is -0.389 e. The molecule has 1 aliphatic heterocycles. The van der Waals surface area contributed by atoms with Gasteiger partial charge in [0.1, 0.15) is 5.82 Å². The molecule has 2 fully saturated rings. The number of hydrogen-bond acceptors (Lipinski definition) is 2. The molecule has 3 rings (SSSR count). The highest BCUT2D eigenvalue weighted by molar-refractivity contribution is 5.82. The Labute approximate surface area is 143 Å². The lowest BCUT2D eigenvalue weighted by Crippen LogP contribution is -2.51. The van der Waals surface area contributed by atoms with Crippen molar-refractivity contribution in [3.63, 3.8) is 0 Å². The molecule has 1 saturated carbocycles. The number of rotatable bonds is 3. The molecule has 1 heterocycles. The lowest BCUT2D eigenvalue weighted by molar-refractivity contribution is -0.146. The van der Waals surface area contributed by atoms with E-state index in [1.807, 2.05) is 4.90 Å². The van der Waals surface area contributed by atoms with Crippen LogP contribution in [0.5, 0.6) is 0 Å². The molecule has 24 heavy (non-hydrogen) atoms. The third-order valence-corrected chi connectivity index (χ3v) is 5.72. The maximum absolute atomic E-state index is 13.8. The first-order chi connectivity index (χ1) is 11.4. The fraction of sp³-hybridized carbons (Fsp3) is 0.600. The third-order valence-electron chi connectivity index (χ3n) is 5.72. The van der Waals surface area contributed by atoms with Crippen molar-refractivity contribution in [1.29, 1.82) is 0 Å². The van der Waals surface area contributed by atoms with Crippen LogP contribution in [0, 0.1) is 17.7 Å². The van der Waals surface area contributed by atoms with E-state index < -0.39 is 5.60 Å². The Morgan fingerprint density at radius 3 is 2.38 bits per heavy atom. The normalized spacial score (nSPS) is 23.0.